The molecule has 0 unspecified atom stereocenters. The first-order valence-corrected chi connectivity index (χ1v) is 6.63. The number of amides is 2. The summed E-state index contributed by atoms with van der Waals surface area (Å²) in [4.78, 5) is 25.9. The molecule has 0 spiro atoms. The molecule has 19 heavy (non-hydrogen) atoms. The van der Waals surface area contributed by atoms with Crippen molar-refractivity contribution in [2.45, 2.75) is 13.8 Å². The zero-order chi connectivity index (χ0) is 14.0. The summed E-state index contributed by atoms with van der Waals surface area (Å²) in [5.41, 5.74) is 7.60. The quantitative estimate of drug-likeness (QED) is 0.856. The van der Waals surface area contributed by atoms with E-state index < -0.39 is 0 Å². The fraction of sp³-hybridized carbons (Fsp3) is 0.143. The van der Waals surface area contributed by atoms with Gasteiger partial charge in [-0.2, -0.15) is 0 Å². The van der Waals surface area contributed by atoms with Crippen LogP contribution in [0.3, 0.4) is 0 Å². The highest BCUT2D eigenvalue weighted by molar-refractivity contribution is 7.12. The van der Waals surface area contributed by atoms with Gasteiger partial charge in [-0.25, -0.2) is 4.90 Å². The molecule has 0 saturated heterocycles. The predicted molar refractivity (Wildman–Crippen MR) is 77.4 cm³/mol. The minimum Gasteiger partial charge on any atom is -0.399 e. The number of nitrogen functional groups attached to an aromatic ring is 1. The number of carbonyl (C=O) groups is 2. The van der Waals surface area contributed by atoms with Crippen LogP contribution in [0.4, 0.5) is 11.4 Å². The second-order valence-corrected chi connectivity index (χ2v) is 5.10. The van der Waals surface area contributed by atoms with E-state index in [0.29, 0.717) is 16.3 Å². The van der Waals surface area contributed by atoms with Crippen LogP contribution in [-0.2, 0) is 4.79 Å². The normalized spacial score (nSPS) is 10.2. The van der Waals surface area contributed by atoms with Crippen LogP contribution in [-0.4, -0.2) is 11.8 Å². The fourth-order valence-corrected chi connectivity index (χ4v) is 2.61. The molecule has 0 aliphatic heterocycles. The Morgan fingerprint density at radius 1 is 1.16 bits per heavy atom. The number of nitrogens with two attached hydrogens (primary N) is 1. The molecule has 2 aromatic rings. The average Bonchev–Trinajstić information content (AvgIpc) is 2.78. The summed E-state index contributed by atoms with van der Waals surface area (Å²) in [5, 5.41) is 1.84. The van der Waals surface area contributed by atoms with Crippen LogP contribution in [0.1, 0.15) is 22.2 Å². The smallest absolute Gasteiger partial charge is 0.275 e. The van der Waals surface area contributed by atoms with E-state index in [4.69, 9.17) is 5.73 Å². The van der Waals surface area contributed by atoms with Crippen LogP contribution in [0, 0.1) is 6.92 Å². The molecule has 98 valence electrons. The van der Waals surface area contributed by atoms with Crippen molar-refractivity contribution in [3.8, 4) is 0 Å². The molecule has 4 nitrogen and oxygen atoms in total. The highest BCUT2D eigenvalue weighted by atomic mass is 32.1. The second-order valence-electron chi connectivity index (χ2n) is 4.18. The summed E-state index contributed by atoms with van der Waals surface area (Å²) in [6, 6.07) is 8.52. The first-order chi connectivity index (χ1) is 9.00. The minimum absolute atomic E-state index is 0.301. The van der Waals surface area contributed by atoms with E-state index in [-0.39, 0.29) is 11.8 Å². The van der Waals surface area contributed by atoms with Crippen LogP contribution in [0.5, 0.6) is 0 Å². The number of nitrogens with zero attached hydrogens (tertiary/aromatic N) is 1. The zero-order valence-corrected chi connectivity index (χ0v) is 11.5. The van der Waals surface area contributed by atoms with Gasteiger partial charge in [-0.15, -0.1) is 11.3 Å². The largest absolute Gasteiger partial charge is 0.399 e. The molecule has 0 aliphatic carbocycles. The molecule has 1 aromatic heterocycles. The second kappa shape index (κ2) is 5.24. The Labute approximate surface area is 115 Å². The number of rotatable bonds is 2. The Morgan fingerprint density at radius 2 is 1.79 bits per heavy atom. The van der Waals surface area contributed by atoms with Crippen molar-refractivity contribution < 1.29 is 9.59 Å². The Hall–Kier alpha value is -2.14. The highest BCUT2D eigenvalue weighted by Gasteiger charge is 2.23. The number of imide groups is 1. The van der Waals surface area contributed by atoms with Crippen molar-refractivity contribution in [3.05, 3.63) is 46.2 Å². The van der Waals surface area contributed by atoms with Gasteiger partial charge >= 0.3 is 0 Å². The zero-order valence-electron chi connectivity index (χ0n) is 10.7. The third kappa shape index (κ3) is 2.66. The van der Waals surface area contributed by atoms with Crippen molar-refractivity contribution in [1.82, 2.24) is 0 Å². The van der Waals surface area contributed by atoms with E-state index in [0.717, 1.165) is 10.5 Å². The van der Waals surface area contributed by atoms with E-state index in [9.17, 15) is 9.59 Å². The average molecular weight is 274 g/mol. The number of benzene rings is 1. The van der Waals surface area contributed by atoms with Crippen molar-refractivity contribution in [2.75, 3.05) is 10.6 Å². The molecule has 2 rings (SSSR count). The van der Waals surface area contributed by atoms with Crippen molar-refractivity contribution >= 4 is 34.5 Å². The molecule has 5 heteroatoms. The maximum absolute atomic E-state index is 12.4. The summed E-state index contributed by atoms with van der Waals surface area (Å²) in [7, 11) is 0. The lowest BCUT2D eigenvalue weighted by Gasteiger charge is -2.19. The van der Waals surface area contributed by atoms with Crippen LogP contribution < -0.4 is 10.6 Å². The maximum Gasteiger partial charge on any atom is 0.275 e. The first kappa shape index (κ1) is 13.3. The molecule has 0 atom stereocenters. The molecular formula is C14H14N2O2S. The number of thiophene rings is 1. The van der Waals surface area contributed by atoms with Gasteiger partial charge in [0.25, 0.3) is 5.91 Å². The van der Waals surface area contributed by atoms with Gasteiger partial charge in [-0.1, -0.05) is 0 Å². The Morgan fingerprint density at radius 3 is 2.26 bits per heavy atom. The molecular weight excluding hydrogens is 260 g/mol. The number of aryl methyl sites for hydroxylation is 1. The van der Waals surface area contributed by atoms with Gasteiger partial charge in [0.15, 0.2) is 0 Å². The molecule has 0 saturated carbocycles. The van der Waals surface area contributed by atoms with Crippen LogP contribution in [0.2, 0.25) is 0 Å². The monoisotopic (exact) mass is 274 g/mol. The molecule has 0 fully saturated rings. The summed E-state index contributed by atoms with van der Waals surface area (Å²) in [5.74, 6) is -0.618. The first-order valence-electron chi connectivity index (χ1n) is 5.75. The number of anilines is 2. The van der Waals surface area contributed by atoms with Crippen LogP contribution in [0.25, 0.3) is 0 Å². The van der Waals surface area contributed by atoms with Gasteiger partial charge in [0.1, 0.15) is 0 Å². The summed E-state index contributed by atoms with van der Waals surface area (Å²) in [6.07, 6.45) is 0. The summed E-state index contributed by atoms with van der Waals surface area (Å²) in [6.45, 7) is 3.22. The van der Waals surface area contributed by atoms with Crippen LogP contribution >= 0.6 is 11.3 Å². The Bertz CT molecular complexity index is 617. The van der Waals surface area contributed by atoms with E-state index in [1.54, 1.807) is 24.3 Å². The molecule has 1 aromatic carbocycles. The van der Waals surface area contributed by atoms with Crippen molar-refractivity contribution in [2.24, 2.45) is 0 Å². The lowest BCUT2D eigenvalue weighted by molar-refractivity contribution is -0.115. The third-order valence-electron chi connectivity index (χ3n) is 2.73. The van der Waals surface area contributed by atoms with Gasteiger partial charge in [0.2, 0.25) is 5.91 Å². The molecule has 1 heterocycles. The van der Waals surface area contributed by atoms with E-state index >= 15 is 0 Å². The molecule has 2 amide bonds. The van der Waals surface area contributed by atoms with Crippen LogP contribution in [0.15, 0.2) is 35.7 Å². The molecule has 0 aliphatic rings. The highest BCUT2D eigenvalue weighted by Crippen LogP contribution is 2.23. The lowest BCUT2D eigenvalue weighted by Crippen LogP contribution is -2.35. The standard InChI is InChI=1S/C14H14N2O2S/c1-9-7-8-19-13(9)14(18)16(10(2)17)12-5-3-11(15)4-6-12/h3-8H,15H2,1-2H3. The van der Waals surface area contributed by atoms with Gasteiger partial charge in [0, 0.05) is 12.6 Å². The van der Waals surface area contributed by atoms with Gasteiger partial charge < -0.3 is 5.73 Å². The van der Waals surface area contributed by atoms with Gasteiger partial charge in [0.05, 0.1) is 10.6 Å². The molecule has 2 N–H and O–H groups in total. The van der Waals surface area contributed by atoms with Gasteiger partial charge in [-0.3, -0.25) is 9.59 Å². The SMILES string of the molecule is CC(=O)N(C(=O)c1sccc1C)c1ccc(N)cc1. The minimum atomic E-state index is -0.317. The number of hydrogen-bond acceptors (Lipinski definition) is 4. The van der Waals surface area contributed by atoms with Crippen molar-refractivity contribution in [1.29, 1.82) is 0 Å². The fourth-order valence-electron chi connectivity index (χ4n) is 1.76. The third-order valence-corrected chi connectivity index (χ3v) is 3.73. The molecule has 0 bridgehead atoms. The Balaban J connectivity index is 2.41. The number of hydrogen-bond donors (Lipinski definition) is 1. The van der Waals surface area contributed by atoms with Gasteiger partial charge in [-0.05, 0) is 48.2 Å². The molecule has 0 radical (unpaired) electrons. The summed E-state index contributed by atoms with van der Waals surface area (Å²) >= 11 is 1.33. The van der Waals surface area contributed by atoms with E-state index in [1.165, 1.54) is 18.3 Å². The lowest BCUT2D eigenvalue weighted by atomic mass is 10.2. The van der Waals surface area contributed by atoms with Crippen molar-refractivity contribution in [3.63, 3.8) is 0 Å². The number of carbonyl (C=O) groups excluding carboxylic acids is 2. The van der Waals surface area contributed by atoms with E-state index in [1.807, 2.05) is 18.4 Å². The predicted octanol–water partition coefficient (Wildman–Crippen LogP) is 2.83. The summed E-state index contributed by atoms with van der Waals surface area (Å²) < 4.78 is 0. The topological polar surface area (TPSA) is 63.4 Å². The maximum atomic E-state index is 12.4. The van der Waals surface area contributed by atoms with E-state index in [2.05, 4.69) is 0 Å². The Kier molecular flexibility index (Phi) is 3.66.